The number of phenols is 1. The van der Waals surface area contributed by atoms with Gasteiger partial charge < -0.3 is 30.0 Å². The molecule has 9 nitrogen and oxygen atoms in total. The second-order valence-electron chi connectivity index (χ2n) is 9.57. The van der Waals surface area contributed by atoms with Crippen molar-refractivity contribution in [1.82, 2.24) is 5.32 Å². The summed E-state index contributed by atoms with van der Waals surface area (Å²) in [6.07, 6.45) is 2.49. The molecule has 10 heteroatoms. The molecule has 1 amide bonds. The second kappa shape index (κ2) is 13.7. The molecule has 3 rings (SSSR count). The Labute approximate surface area is 232 Å². The Morgan fingerprint density at radius 3 is 2.49 bits per heavy atom. The highest BCUT2D eigenvalue weighted by Gasteiger charge is 2.35. The standard InChI is InChI=1S/C29H34N2O7S/c1-5-36-27(34)24-25(33)23(39-26(24)31-20-11-7-6-8-12-20)18-19-13-14-22(21(32)17-19)37-16-10-9-15-30-28(35)38-29(2,3)4/h6-8,11-14,17-18,31-32H,5,9-10,15-16H2,1-4H3,(H,30,35)/b23-18-. The Morgan fingerprint density at radius 2 is 1.82 bits per heavy atom. The summed E-state index contributed by atoms with van der Waals surface area (Å²) < 4.78 is 16.0. The SMILES string of the molecule is CCOC(=O)C1=C(Nc2ccccc2)S/C(=C\c2ccc(OCCCCNC(=O)OC(C)(C)C)c(O)c2)C1=O. The molecule has 0 bridgehead atoms. The number of esters is 1. The molecule has 3 N–H and O–H groups in total. The van der Waals surface area contributed by atoms with Gasteiger partial charge >= 0.3 is 12.1 Å². The number of nitrogens with one attached hydrogen (secondary N) is 2. The molecule has 2 aromatic rings. The van der Waals surface area contributed by atoms with Gasteiger partial charge in [0, 0.05) is 12.2 Å². The summed E-state index contributed by atoms with van der Waals surface area (Å²) in [5.74, 6) is -0.909. The maximum atomic E-state index is 13.1. The summed E-state index contributed by atoms with van der Waals surface area (Å²) in [6.45, 7) is 8.03. The summed E-state index contributed by atoms with van der Waals surface area (Å²) in [6, 6.07) is 14.0. The molecule has 0 unspecified atom stereocenters. The molecule has 0 spiro atoms. The number of hydrogen-bond donors (Lipinski definition) is 3. The average Bonchev–Trinajstić information content (AvgIpc) is 3.16. The van der Waals surface area contributed by atoms with Crippen LogP contribution in [0.25, 0.3) is 6.08 Å². The number of phenolic OH excluding ortho intramolecular Hbond substituents is 1. The van der Waals surface area contributed by atoms with Gasteiger partial charge in [-0.2, -0.15) is 0 Å². The van der Waals surface area contributed by atoms with Gasteiger partial charge in [-0.3, -0.25) is 4.79 Å². The Balaban J connectivity index is 1.58. The van der Waals surface area contributed by atoms with Gasteiger partial charge in [0.25, 0.3) is 0 Å². The monoisotopic (exact) mass is 554 g/mol. The molecular formula is C29H34N2O7S. The van der Waals surface area contributed by atoms with E-state index >= 15 is 0 Å². The maximum Gasteiger partial charge on any atom is 0.407 e. The topological polar surface area (TPSA) is 123 Å². The van der Waals surface area contributed by atoms with E-state index in [0.717, 1.165) is 17.4 Å². The van der Waals surface area contributed by atoms with Gasteiger partial charge in [0.2, 0.25) is 5.78 Å². The highest BCUT2D eigenvalue weighted by atomic mass is 32.2. The van der Waals surface area contributed by atoms with E-state index in [9.17, 15) is 19.5 Å². The highest BCUT2D eigenvalue weighted by Crippen LogP contribution is 2.41. The van der Waals surface area contributed by atoms with Crippen LogP contribution in [0.15, 0.2) is 64.0 Å². The van der Waals surface area contributed by atoms with Crippen molar-refractivity contribution >= 4 is 41.4 Å². The third kappa shape index (κ3) is 9.10. The molecule has 0 aliphatic carbocycles. The van der Waals surface area contributed by atoms with Crippen LogP contribution in [-0.4, -0.2) is 48.3 Å². The van der Waals surface area contributed by atoms with E-state index in [1.165, 1.54) is 6.07 Å². The van der Waals surface area contributed by atoms with Crippen LogP contribution in [0.2, 0.25) is 0 Å². The molecule has 2 aromatic carbocycles. The largest absolute Gasteiger partial charge is 0.504 e. The predicted molar refractivity (Wildman–Crippen MR) is 151 cm³/mol. The molecular weight excluding hydrogens is 520 g/mol. The molecule has 0 saturated carbocycles. The minimum atomic E-state index is -0.690. The van der Waals surface area contributed by atoms with Gasteiger partial charge in [-0.25, -0.2) is 9.59 Å². The molecule has 1 aliphatic rings. The maximum absolute atomic E-state index is 13.1. The van der Waals surface area contributed by atoms with Gasteiger partial charge in [0.1, 0.15) is 11.2 Å². The van der Waals surface area contributed by atoms with Gasteiger partial charge in [-0.05, 0) is 76.4 Å². The predicted octanol–water partition coefficient (Wildman–Crippen LogP) is 5.62. The summed E-state index contributed by atoms with van der Waals surface area (Å²) in [4.78, 5) is 37.6. The number of thioether (sulfide) groups is 1. The molecule has 0 aromatic heterocycles. The Kier molecular flexibility index (Phi) is 10.4. The number of allylic oxidation sites excluding steroid dienone is 1. The number of amides is 1. The molecule has 1 aliphatic heterocycles. The van der Waals surface area contributed by atoms with Gasteiger partial charge in [-0.1, -0.05) is 36.0 Å². The summed E-state index contributed by atoms with van der Waals surface area (Å²) in [5.41, 5.74) is 0.705. The zero-order valence-corrected chi connectivity index (χ0v) is 23.4. The van der Waals surface area contributed by atoms with Crippen molar-refractivity contribution < 1.29 is 33.7 Å². The summed E-state index contributed by atoms with van der Waals surface area (Å²) >= 11 is 1.13. The highest BCUT2D eigenvalue weighted by molar-refractivity contribution is 8.08. The van der Waals surface area contributed by atoms with Crippen molar-refractivity contribution in [2.45, 2.75) is 46.1 Å². The van der Waals surface area contributed by atoms with Crippen LogP contribution in [0.4, 0.5) is 10.5 Å². The van der Waals surface area contributed by atoms with Crippen LogP contribution < -0.4 is 15.4 Å². The van der Waals surface area contributed by atoms with Crippen LogP contribution in [0.1, 0.15) is 46.1 Å². The first-order chi connectivity index (χ1) is 18.6. The van der Waals surface area contributed by atoms with E-state index in [1.807, 2.05) is 30.3 Å². The van der Waals surface area contributed by atoms with E-state index in [4.69, 9.17) is 14.2 Å². The number of alkyl carbamates (subject to hydrolysis) is 1. The number of ketones is 1. The number of benzene rings is 2. The number of carbonyl (C=O) groups is 3. The summed E-state index contributed by atoms with van der Waals surface area (Å²) in [5, 5.41) is 16.7. The molecule has 39 heavy (non-hydrogen) atoms. The number of rotatable bonds is 11. The van der Waals surface area contributed by atoms with Crippen molar-refractivity contribution in [3.05, 3.63) is 69.6 Å². The lowest BCUT2D eigenvalue weighted by Gasteiger charge is -2.19. The van der Waals surface area contributed by atoms with Crippen LogP contribution in [-0.2, 0) is 19.1 Å². The minimum absolute atomic E-state index is 0.0534. The van der Waals surface area contributed by atoms with Crippen molar-refractivity contribution in [1.29, 1.82) is 0 Å². The third-order valence-electron chi connectivity index (χ3n) is 5.18. The van der Waals surface area contributed by atoms with Crippen molar-refractivity contribution in [2.75, 3.05) is 25.1 Å². The lowest BCUT2D eigenvalue weighted by Crippen LogP contribution is -2.33. The van der Waals surface area contributed by atoms with E-state index in [0.29, 0.717) is 47.2 Å². The lowest BCUT2D eigenvalue weighted by atomic mass is 10.1. The van der Waals surface area contributed by atoms with E-state index in [1.54, 1.807) is 45.9 Å². The molecule has 0 radical (unpaired) electrons. The van der Waals surface area contributed by atoms with Crippen molar-refractivity contribution in [3.8, 4) is 11.5 Å². The van der Waals surface area contributed by atoms with Gasteiger partial charge in [0.05, 0.1) is 23.1 Å². The van der Waals surface area contributed by atoms with Crippen LogP contribution in [0.5, 0.6) is 11.5 Å². The zero-order chi connectivity index (χ0) is 28.4. The fourth-order valence-electron chi connectivity index (χ4n) is 3.47. The number of carbonyl (C=O) groups excluding carboxylic acids is 3. The van der Waals surface area contributed by atoms with Crippen LogP contribution >= 0.6 is 11.8 Å². The third-order valence-corrected chi connectivity index (χ3v) is 6.21. The first-order valence-corrected chi connectivity index (χ1v) is 13.5. The molecule has 0 saturated heterocycles. The fraction of sp³-hybridized carbons (Fsp3) is 0.345. The minimum Gasteiger partial charge on any atom is -0.504 e. The number of para-hydroxylation sites is 1. The van der Waals surface area contributed by atoms with Gasteiger partial charge in [0.15, 0.2) is 11.5 Å². The van der Waals surface area contributed by atoms with E-state index < -0.39 is 23.4 Å². The molecule has 0 atom stereocenters. The lowest BCUT2D eigenvalue weighted by molar-refractivity contribution is -0.139. The number of unbranched alkanes of at least 4 members (excludes halogenated alkanes) is 1. The van der Waals surface area contributed by atoms with Gasteiger partial charge in [-0.15, -0.1) is 0 Å². The van der Waals surface area contributed by atoms with Crippen LogP contribution in [0, 0.1) is 0 Å². The number of hydrogen-bond acceptors (Lipinski definition) is 9. The number of aromatic hydroxyl groups is 1. The number of ether oxygens (including phenoxy) is 3. The Morgan fingerprint density at radius 1 is 1.08 bits per heavy atom. The first kappa shape index (κ1) is 29.6. The number of Topliss-reactive ketones (excluding diaryl/α,β-unsaturated/α-hetero) is 1. The second-order valence-corrected chi connectivity index (χ2v) is 10.6. The average molecular weight is 555 g/mol. The molecule has 0 fully saturated rings. The first-order valence-electron chi connectivity index (χ1n) is 12.7. The summed E-state index contributed by atoms with van der Waals surface area (Å²) in [7, 11) is 0. The quantitative estimate of drug-likeness (QED) is 0.141. The Hall–Kier alpha value is -3.92. The van der Waals surface area contributed by atoms with Crippen molar-refractivity contribution in [2.24, 2.45) is 0 Å². The fourth-order valence-corrected chi connectivity index (χ4v) is 4.53. The smallest absolute Gasteiger partial charge is 0.407 e. The van der Waals surface area contributed by atoms with Crippen LogP contribution in [0.3, 0.4) is 0 Å². The normalized spacial score (nSPS) is 14.4. The van der Waals surface area contributed by atoms with E-state index in [-0.39, 0.29) is 17.9 Å². The molecule has 208 valence electrons. The van der Waals surface area contributed by atoms with E-state index in [2.05, 4.69) is 10.6 Å². The molecule has 1 heterocycles. The number of anilines is 1. The zero-order valence-electron chi connectivity index (χ0n) is 22.5. The van der Waals surface area contributed by atoms with Crippen molar-refractivity contribution in [3.63, 3.8) is 0 Å². The Bertz CT molecular complexity index is 1250.